The first-order valence-corrected chi connectivity index (χ1v) is 7.18. The highest BCUT2D eigenvalue weighted by Gasteiger charge is 2.39. The Bertz CT molecular complexity index is 551. The standard InChI is InChI=1S/C10H15N3O4S/c1-2-12-7-8(6-11-12)18(16,17)13-5-3-4-9(13)10(14)15/h6-7,9H,2-5H2,1H3,(H,14,15). The van der Waals surface area contributed by atoms with Crippen molar-refractivity contribution in [2.45, 2.75) is 37.2 Å². The zero-order valence-corrected chi connectivity index (χ0v) is 10.8. The van der Waals surface area contributed by atoms with Gasteiger partial charge >= 0.3 is 5.97 Å². The fourth-order valence-corrected chi connectivity index (χ4v) is 3.67. The minimum Gasteiger partial charge on any atom is -0.480 e. The van der Waals surface area contributed by atoms with Gasteiger partial charge in [-0.2, -0.15) is 9.40 Å². The SMILES string of the molecule is CCn1cc(S(=O)(=O)N2CCCC2C(=O)O)cn1. The van der Waals surface area contributed by atoms with Gasteiger partial charge in [-0.05, 0) is 19.8 Å². The van der Waals surface area contributed by atoms with Crippen LogP contribution in [0.5, 0.6) is 0 Å². The van der Waals surface area contributed by atoms with Crippen LogP contribution in [0.4, 0.5) is 0 Å². The Morgan fingerprint density at radius 3 is 2.89 bits per heavy atom. The smallest absolute Gasteiger partial charge is 0.322 e. The fourth-order valence-electron chi connectivity index (χ4n) is 2.06. The van der Waals surface area contributed by atoms with Crippen molar-refractivity contribution in [3.8, 4) is 0 Å². The molecule has 1 saturated heterocycles. The van der Waals surface area contributed by atoms with Crippen LogP contribution in [0.15, 0.2) is 17.3 Å². The largest absolute Gasteiger partial charge is 0.480 e. The maximum absolute atomic E-state index is 12.3. The Morgan fingerprint density at radius 1 is 1.61 bits per heavy atom. The van der Waals surface area contributed by atoms with Crippen LogP contribution in [0.1, 0.15) is 19.8 Å². The molecule has 100 valence electrons. The second-order valence-corrected chi connectivity index (χ2v) is 6.03. The molecule has 2 heterocycles. The molecule has 7 nitrogen and oxygen atoms in total. The van der Waals surface area contributed by atoms with E-state index in [1.54, 1.807) is 0 Å². The van der Waals surface area contributed by atoms with Gasteiger partial charge in [0.1, 0.15) is 10.9 Å². The fraction of sp³-hybridized carbons (Fsp3) is 0.600. The number of aryl methyl sites for hydroxylation is 1. The van der Waals surface area contributed by atoms with Crippen LogP contribution in [-0.4, -0.2) is 46.2 Å². The summed E-state index contributed by atoms with van der Waals surface area (Å²) in [7, 11) is -3.75. The van der Waals surface area contributed by atoms with E-state index < -0.39 is 22.0 Å². The van der Waals surface area contributed by atoms with E-state index in [1.165, 1.54) is 17.1 Å². The summed E-state index contributed by atoms with van der Waals surface area (Å²) >= 11 is 0. The lowest BCUT2D eigenvalue weighted by Crippen LogP contribution is -2.40. The third-order valence-corrected chi connectivity index (χ3v) is 4.89. The van der Waals surface area contributed by atoms with Crippen molar-refractivity contribution >= 4 is 16.0 Å². The molecule has 0 aliphatic carbocycles. The van der Waals surface area contributed by atoms with E-state index in [1.807, 2.05) is 6.92 Å². The Labute approximate surface area is 105 Å². The Balaban J connectivity index is 2.33. The van der Waals surface area contributed by atoms with Crippen LogP contribution >= 0.6 is 0 Å². The van der Waals surface area contributed by atoms with Crippen LogP contribution in [0.2, 0.25) is 0 Å². The number of carboxylic acid groups (broad SMARTS) is 1. The molecule has 1 N–H and O–H groups in total. The monoisotopic (exact) mass is 273 g/mol. The molecule has 1 aliphatic rings. The van der Waals surface area contributed by atoms with Gasteiger partial charge in [0.05, 0.1) is 6.20 Å². The number of sulfonamides is 1. The molecule has 0 aromatic carbocycles. The Morgan fingerprint density at radius 2 is 2.33 bits per heavy atom. The summed E-state index contributed by atoms with van der Waals surface area (Å²) in [5, 5.41) is 12.9. The van der Waals surface area contributed by atoms with E-state index in [0.29, 0.717) is 19.4 Å². The first-order valence-electron chi connectivity index (χ1n) is 5.74. The van der Waals surface area contributed by atoms with E-state index >= 15 is 0 Å². The van der Waals surface area contributed by atoms with Crippen molar-refractivity contribution in [1.82, 2.24) is 14.1 Å². The molecule has 1 fully saturated rings. The van der Waals surface area contributed by atoms with Gasteiger partial charge in [-0.3, -0.25) is 9.48 Å². The van der Waals surface area contributed by atoms with E-state index in [9.17, 15) is 13.2 Å². The highest BCUT2D eigenvalue weighted by molar-refractivity contribution is 7.89. The molecular weight excluding hydrogens is 258 g/mol. The van der Waals surface area contributed by atoms with Crippen LogP contribution < -0.4 is 0 Å². The van der Waals surface area contributed by atoms with Crippen LogP contribution in [0, 0.1) is 0 Å². The van der Waals surface area contributed by atoms with E-state index in [4.69, 9.17) is 5.11 Å². The van der Waals surface area contributed by atoms with Gasteiger partial charge in [0.15, 0.2) is 0 Å². The zero-order valence-electron chi connectivity index (χ0n) is 9.98. The third-order valence-electron chi connectivity index (χ3n) is 3.03. The first kappa shape index (κ1) is 13.0. The third kappa shape index (κ3) is 2.13. The van der Waals surface area contributed by atoms with E-state index in [-0.39, 0.29) is 11.4 Å². The average Bonchev–Trinajstić information content (AvgIpc) is 2.98. The minimum atomic E-state index is -3.75. The molecule has 1 aromatic rings. The van der Waals surface area contributed by atoms with Crippen molar-refractivity contribution in [3.63, 3.8) is 0 Å². The molecular formula is C10H15N3O4S. The normalized spacial score (nSPS) is 21.3. The Kier molecular flexibility index (Phi) is 3.40. The highest BCUT2D eigenvalue weighted by atomic mass is 32.2. The summed E-state index contributed by atoms with van der Waals surface area (Å²) in [6, 6.07) is -0.958. The second-order valence-electron chi connectivity index (χ2n) is 4.14. The van der Waals surface area contributed by atoms with Gasteiger partial charge in [0.25, 0.3) is 0 Å². The maximum atomic E-state index is 12.3. The molecule has 0 saturated carbocycles. The summed E-state index contributed by atoms with van der Waals surface area (Å²) in [6.45, 7) is 2.66. The van der Waals surface area contributed by atoms with Crippen molar-refractivity contribution in [1.29, 1.82) is 0 Å². The Hall–Kier alpha value is -1.41. The van der Waals surface area contributed by atoms with Crippen LogP contribution in [0.3, 0.4) is 0 Å². The number of hydrogen-bond acceptors (Lipinski definition) is 4. The van der Waals surface area contributed by atoms with Crippen molar-refractivity contribution in [3.05, 3.63) is 12.4 Å². The number of hydrogen-bond donors (Lipinski definition) is 1. The molecule has 0 amide bonds. The van der Waals surface area contributed by atoms with Crippen LogP contribution in [0.25, 0.3) is 0 Å². The van der Waals surface area contributed by atoms with Gasteiger partial charge in [-0.1, -0.05) is 0 Å². The van der Waals surface area contributed by atoms with Crippen molar-refractivity contribution in [2.24, 2.45) is 0 Å². The highest BCUT2D eigenvalue weighted by Crippen LogP contribution is 2.25. The topological polar surface area (TPSA) is 92.5 Å². The molecule has 0 radical (unpaired) electrons. The molecule has 18 heavy (non-hydrogen) atoms. The lowest BCUT2D eigenvalue weighted by Gasteiger charge is -2.19. The molecule has 1 atom stereocenters. The number of carboxylic acids is 1. The summed E-state index contributed by atoms with van der Waals surface area (Å²) in [5.74, 6) is -1.10. The van der Waals surface area contributed by atoms with Gasteiger partial charge in [-0.15, -0.1) is 0 Å². The lowest BCUT2D eigenvalue weighted by molar-refractivity contribution is -0.140. The molecule has 0 bridgehead atoms. The van der Waals surface area contributed by atoms with Gasteiger partial charge in [-0.25, -0.2) is 8.42 Å². The number of aliphatic carboxylic acids is 1. The van der Waals surface area contributed by atoms with Crippen molar-refractivity contribution in [2.75, 3.05) is 6.54 Å². The van der Waals surface area contributed by atoms with Gasteiger partial charge in [0.2, 0.25) is 10.0 Å². The summed E-state index contributed by atoms with van der Waals surface area (Å²) in [6.07, 6.45) is 3.61. The van der Waals surface area contributed by atoms with E-state index in [2.05, 4.69) is 5.10 Å². The summed E-state index contributed by atoms with van der Waals surface area (Å²) < 4.78 is 27.1. The quantitative estimate of drug-likeness (QED) is 0.842. The number of carbonyl (C=O) groups is 1. The molecule has 1 unspecified atom stereocenters. The lowest BCUT2D eigenvalue weighted by atomic mass is 10.2. The summed E-state index contributed by atoms with van der Waals surface area (Å²) in [4.78, 5) is 11.1. The number of nitrogens with zero attached hydrogens (tertiary/aromatic N) is 3. The molecule has 1 aliphatic heterocycles. The average molecular weight is 273 g/mol. The summed E-state index contributed by atoms with van der Waals surface area (Å²) in [5.41, 5.74) is 0. The first-order chi connectivity index (χ1) is 8.46. The zero-order chi connectivity index (χ0) is 13.3. The molecule has 2 rings (SSSR count). The van der Waals surface area contributed by atoms with E-state index in [0.717, 1.165) is 4.31 Å². The van der Waals surface area contributed by atoms with Crippen LogP contribution in [-0.2, 0) is 21.4 Å². The number of rotatable bonds is 4. The van der Waals surface area contributed by atoms with Gasteiger partial charge in [0, 0.05) is 19.3 Å². The van der Waals surface area contributed by atoms with Crippen molar-refractivity contribution < 1.29 is 18.3 Å². The predicted molar refractivity (Wildman–Crippen MR) is 62.5 cm³/mol. The number of aromatic nitrogens is 2. The molecule has 1 aromatic heterocycles. The predicted octanol–water partition coefficient (Wildman–Crippen LogP) is 0.141. The van der Waals surface area contributed by atoms with Gasteiger partial charge < -0.3 is 5.11 Å². The molecule has 8 heteroatoms. The maximum Gasteiger partial charge on any atom is 0.322 e. The molecule has 0 spiro atoms. The minimum absolute atomic E-state index is 0.0532. The second kappa shape index (κ2) is 4.69.